The Bertz CT molecular complexity index is 1140. The van der Waals surface area contributed by atoms with Gasteiger partial charge < -0.3 is 30.0 Å². The third kappa shape index (κ3) is 5.70. The quantitative estimate of drug-likeness (QED) is 0.436. The highest BCUT2D eigenvalue weighted by atomic mass is 35.5. The fourth-order valence-electron chi connectivity index (χ4n) is 3.61. The average Bonchev–Trinajstić information content (AvgIpc) is 3.32. The largest absolute Gasteiger partial charge is 0.450 e. The second-order valence-electron chi connectivity index (χ2n) is 7.98. The highest BCUT2D eigenvalue weighted by Crippen LogP contribution is 2.26. The van der Waals surface area contributed by atoms with Gasteiger partial charge in [-0.2, -0.15) is 9.78 Å². The molecule has 1 unspecified atom stereocenters. The Kier molecular flexibility index (Phi) is 7.94. The number of hydrogen-bond donors (Lipinski definition) is 1. The molecule has 0 saturated carbocycles. The van der Waals surface area contributed by atoms with Crippen molar-refractivity contribution in [3.63, 3.8) is 0 Å². The van der Waals surface area contributed by atoms with Gasteiger partial charge in [-0.25, -0.2) is 4.79 Å². The van der Waals surface area contributed by atoms with E-state index in [0.717, 1.165) is 4.68 Å². The summed E-state index contributed by atoms with van der Waals surface area (Å²) in [4.78, 5) is 50.9. The molecule has 2 aromatic heterocycles. The van der Waals surface area contributed by atoms with Crippen LogP contribution in [0, 0.1) is 24.0 Å². The molecule has 14 nitrogen and oxygen atoms in total. The first-order chi connectivity index (χ1) is 16.5. The van der Waals surface area contributed by atoms with Gasteiger partial charge in [0, 0.05) is 32.4 Å². The number of halogens is 1. The molecule has 35 heavy (non-hydrogen) atoms. The molecule has 3 amide bonds. The van der Waals surface area contributed by atoms with E-state index in [2.05, 4.69) is 15.5 Å². The Balaban J connectivity index is 1.61. The maximum Gasteiger partial charge on any atom is 0.409 e. The summed E-state index contributed by atoms with van der Waals surface area (Å²) in [6.45, 7) is 8.17. The molecular formula is C20H27ClN8O6. The number of carbonyl (C=O) groups is 3. The molecule has 1 saturated heterocycles. The van der Waals surface area contributed by atoms with Crippen molar-refractivity contribution in [2.75, 3.05) is 38.1 Å². The van der Waals surface area contributed by atoms with Crippen molar-refractivity contribution < 1.29 is 24.0 Å². The maximum absolute atomic E-state index is 13.0. The molecule has 15 heteroatoms. The van der Waals surface area contributed by atoms with E-state index >= 15 is 0 Å². The number of hydrogen-bond acceptors (Lipinski definition) is 8. The Morgan fingerprint density at radius 3 is 2.40 bits per heavy atom. The van der Waals surface area contributed by atoms with Gasteiger partial charge in [-0.3, -0.25) is 14.3 Å². The van der Waals surface area contributed by atoms with Crippen molar-refractivity contribution in [3.8, 4) is 0 Å². The minimum absolute atomic E-state index is 0.123. The fraction of sp³-hybridized carbons (Fsp3) is 0.550. The van der Waals surface area contributed by atoms with Crippen molar-refractivity contribution in [1.29, 1.82) is 0 Å². The van der Waals surface area contributed by atoms with E-state index in [0.29, 0.717) is 49.9 Å². The van der Waals surface area contributed by atoms with E-state index in [4.69, 9.17) is 16.3 Å². The van der Waals surface area contributed by atoms with Gasteiger partial charge >= 0.3 is 11.9 Å². The Labute approximate surface area is 205 Å². The van der Waals surface area contributed by atoms with Crippen LogP contribution in [0.25, 0.3) is 0 Å². The SMILES string of the molecule is CCOC(=O)N1CCN(C(=O)C(C)n2cc(NC(=O)Cn3nc([N+](=O)[O-])c(Cl)c3C)c(C)n2)CC1. The van der Waals surface area contributed by atoms with Crippen molar-refractivity contribution in [2.45, 2.75) is 40.3 Å². The fourth-order valence-corrected chi connectivity index (χ4v) is 3.81. The first kappa shape index (κ1) is 25.9. The van der Waals surface area contributed by atoms with E-state index in [1.807, 2.05) is 0 Å². The number of nitrogens with zero attached hydrogens (tertiary/aromatic N) is 7. The highest BCUT2D eigenvalue weighted by Gasteiger charge is 2.29. The molecule has 1 aliphatic rings. The number of rotatable bonds is 7. The molecule has 1 N–H and O–H groups in total. The summed E-state index contributed by atoms with van der Waals surface area (Å²) in [6.07, 6.45) is 1.16. The Morgan fingerprint density at radius 1 is 1.20 bits per heavy atom. The summed E-state index contributed by atoms with van der Waals surface area (Å²) < 4.78 is 7.61. The van der Waals surface area contributed by atoms with E-state index in [-0.39, 0.29) is 17.5 Å². The standard InChI is InChI=1S/C20H27ClN8O6/c1-5-35-20(32)26-8-6-25(7-9-26)19(31)14(4)27-10-15(12(2)23-27)22-16(30)11-28-13(3)17(21)18(24-28)29(33)34/h10,14H,5-9,11H2,1-4H3,(H,22,30). The van der Waals surface area contributed by atoms with Crippen LogP contribution in [0.1, 0.15) is 31.3 Å². The van der Waals surface area contributed by atoms with Gasteiger partial charge in [-0.05, 0) is 32.6 Å². The number of carbonyl (C=O) groups excluding carboxylic acids is 3. The number of anilines is 1. The lowest BCUT2D eigenvalue weighted by Gasteiger charge is -2.35. The topological polar surface area (TPSA) is 158 Å². The van der Waals surface area contributed by atoms with Gasteiger partial charge in [0.2, 0.25) is 11.8 Å². The lowest BCUT2D eigenvalue weighted by atomic mass is 10.2. The summed E-state index contributed by atoms with van der Waals surface area (Å²) in [5.41, 5.74) is 1.18. The van der Waals surface area contributed by atoms with Crippen LogP contribution in [-0.4, -0.2) is 85.0 Å². The predicted molar refractivity (Wildman–Crippen MR) is 124 cm³/mol. The lowest BCUT2D eigenvalue weighted by Crippen LogP contribution is -2.52. The van der Waals surface area contributed by atoms with Crippen LogP contribution in [0.3, 0.4) is 0 Å². The summed E-state index contributed by atoms with van der Waals surface area (Å²) in [5, 5.41) is 21.7. The molecule has 0 spiro atoms. The molecule has 1 atom stereocenters. The molecular weight excluding hydrogens is 484 g/mol. The molecule has 3 rings (SSSR count). The zero-order valence-corrected chi connectivity index (χ0v) is 20.6. The van der Waals surface area contributed by atoms with Gasteiger partial charge in [-0.1, -0.05) is 11.6 Å². The lowest BCUT2D eigenvalue weighted by molar-refractivity contribution is -0.389. The van der Waals surface area contributed by atoms with Crippen molar-refractivity contribution in [3.05, 3.63) is 32.7 Å². The van der Waals surface area contributed by atoms with Crippen molar-refractivity contribution >= 4 is 41.0 Å². The summed E-state index contributed by atoms with van der Waals surface area (Å²) in [5.74, 6) is -1.17. The van der Waals surface area contributed by atoms with Crippen LogP contribution in [0.15, 0.2) is 6.20 Å². The smallest absolute Gasteiger partial charge is 0.409 e. The zero-order valence-electron chi connectivity index (χ0n) is 19.9. The maximum atomic E-state index is 13.0. The van der Waals surface area contributed by atoms with E-state index in [1.165, 1.54) is 11.6 Å². The van der Waals surface area contributed by atoms with Crippen LogP contribution in [0.5, 0.6) is 0 Å². The van der Waals surface area contributed by atoms with Gasteiger partial charge in [0.05, 0.1) is 28.8 Å². The number of nitro groups is 1. The molecule has 0 aliphatic carbocycles. The summed E-state index contributed by atoms with van der Waals surface area (Å²) >= 11 is 5.92. The highest BCUT2D eigenvalue weighted by molar-refractivity contribution is 6.33. The first-order valence-electron chi connectivity index (χ1n) is 11.0. The van der Waals surface area contributed by atoms with Crippen LogP contribution >= 0.6 is 11.6 Å². The molecule has 3 heterocycles. The summed E-state index contributed by atoms with van der Waals surface area (Å²) in [6, 6.07) is -0.636. The van der Waals surface area contributed by atoms with Crippen LogP contribution in [-0.2, 0) is 20.9 Å². The minimum atomic E-state index is -0.715. The third-order valence-corrected chi connectivity index (χ3v) is 6.09. The number of piperazine rings is 1. The zero-order chi connectivity index (χ0) is 25.9. The monoisotopic (exact) mass is 510 g/mol. The number of aryl methyl sites for hydroxylation is 1. The van der Waals surface area contributed by atoms with Crippen LogP contribution < -0.4 is 5.32 Å². The van der Waals surface area contributed by atoms with Gasteiger partial charge in [0.25, 0.3) is 0 Å². The minimum Gasteiger partial charge on any atom is -0.450 e. The summed E-state index contributed by atoms with van der Waals surface area (Å²) in [7, 11) is 0. The van der Waals surface area contributed by atoms with E-state index in [1.54, 1.807) is 36.8 Å². The molecule has 1 fully saturated rings. The van der Waals surface area contributed by atoms with Gasteiger partial charge in [0.15, 0.2) is 5.02 Å². The molecule has 2 aromatic rings. The van der Waals surface area contributed by atoms with Gasteiger partial charge in [0.1, 0.15) is 12.6 Å². The molecule has 190 valence electrons. The molecule has 0 aromatic carbocycles. The second-order valence-corrected chi connectivity index (χ2v) is 8.36. The average molecular weight is 511 g/mol. The number of ether oxygens (including phenoxy) is 1. The van der Waals surface area contributed by atoms with Crippen LogP contribution in [0.2, 0.25) is 5.02 Å². The molecule has 1 aliphatic heterocycles. The Hall–Kier alpha value is -3.68. The van der Waals surface area contributed by atoms with E-state index in [9.17, 15) is 24.5 Å². The molecule has 0 bridgehead atoms. The van der Waals surface area contributed by atoms with E-state index < -0.39 is 28.8 Å². The predicted octanol–water partition coefficient (Wildman–Crippen LogP) is 1.76. The van der Waals surface area contributed by atoms with Crippen LogP contribution in [0.4, 0.5) is 16.3 Å². The number of nitrogens with one attached hydrogen (secondary N) is 1. The van der Waals surface area contributed by atoms with Crippen molar-refractivity contribution in [1.82, 2.24) is 29.4 Å². The molecule has 0 radical (unpaired) electrons. The van der Waals surface area contributed by atoms with Gasteiger partial charge in [-0.15, -0.1) is 0 Å². The first-order valence-corrected chi connectivity index (χ1v) is 11.3. The Morgan fingerprint density at radius 2 is 1.83 bits per heavy atom. The second kappa shape index (κ2) is 10.7. The van der Waals surface area contributed by atoms with Crippen molar-refractivity contribution in [2.24, 2.45) is 0 Å². The third-order valence-electron chi connectivity index (χ3n) is 5.65. The normalized spacial score (nSPS) is 14.5. The number of aromatic nitrogens is 4. The number of amides is 3.